The Kier molecular flexibility index (Phi) is 3.34. The highest BCUT2D eigenvalue weighted by Crippen LogP contribution is 2.16. The van der Waals surface area contributed by atoms with Crippen molar-refractivity contribution in [2.45, 2.75) is 25.9 Å². The van der Waals surface area contributed by atoms with Crippen LogP contribution in [0.4, 0.5) is 4.39 Å². The van der Waals surface area contributed by atoms with Gasteiger partial charge in [0, 0.05) is 18.7 Å². The van der Waals surface area contributed by atoms with Gasteiger partial charge in [0.05, 0.1) is 0 Å². The molecule has 0 aromatic heterocycles. The molecule has 1 saturated heterocycles. The molecule has 0 spiro atoms. The van der Waals surface area contributed by atoms with E-state index >= 15 is 0 Å². The average molecular weight is 208 g/mol. The van der Waals surface area contributed by atoms with Gasteiger partial charge in [-0.25, -0.2) is 4.39 Å². The fourth-order valence-corrected chi connectivity index (χ4v) is 2.06. The van der Waals surface area contributed by atoms with Crippen molar-refractivity contribution < 1.29 is 4.39 Å². The third-order valence-corrected chi connectivity index (χ3v) is 2.94. The molecule has 1 aliphatic rings. The van der Waals surface area contributed by atoms with Gasteiger partial charge in [-0.2, -0.15) is 0 Å². The van der Waals surface area contributed by atoms with Crippen LogP contribution in [0.25, 0.3) is 0 Å². The Labute approximate surface area is 89.9 Å². The third-order valence-electron chi connectivity index (χ3n) is 2.94. The summed E-state index contributed by atoms with van der Waals surface area (Å²) < 4.78 is 13.5. The van der Waals surface area contributed by atoms with Crippen molar-refractivity contribution >= 4 is 0 Å². The summed E-state index contributed by atoms with van der Waals surface area (Å²) in [6, 6.07) is 5.16. The van der Waals surface area contributed by atoms with E-state index in [2.05, 4.69) is 4.90 Å². The SMILES string of the molecule is NCc1ccc(F)c(CN2CCCC2)c1. The summed E-state index contributed by atoms with van der Waals surface area (Å²) in [6.45, 7) is 3.38. The van der Waals surface area contributed by atoms with Gasteiger partial charge in [0.25, 0.3) is 0 Å². The highest BCUT2D eigenvalue weighted by atomic mass is 19.1. The average Bonchev–Trinajstić information content (AvgIpc) is 2.74. The zero-order valence-electron chi connectivity index (χ0n) is 8.88. The first-order valence-electron chi connectivity index (χ1n) is 5.49. The molecule has 2 rings (SSSR count). The summed E-state index contributed by atoms with van der Waals surface area (Å²) in [6.07, 6.45) is 2.47. The molecule has 0 bridgehead atoms. The van der Waals surface area contributed by atoms with Crippen molar-refractivity contribution in [2.24, 2.45) is 5.73 Å². The largest absolute Gasteiger partial charge is 0.326 e. The molecule has 0 atom stereocenters. The predicted octanol–water partition coefficient (Wildman–Crippen LogP) is 1.88. The molecule has 0 aliphatic carbocycles. The Morgan fingerprint density at radius 2 is 2.00 bits per heavy atom. The molecule has 1 aromatic rings. The van der Waals surface area contributed by atoms with Gasteiger partial charge >= 0.3 is 0 Å². The minimum atomic E-state index is -0.112. The van der Waals surface area contributed by atoms with E-state index in [0.717, 1.165) is 30.8 Å². The highest BCUT2D eigenvalue weighted by molar-refractivity contribution is 5.25. The zero-order chi connectivity index (χ0) is 10.7. The van der Waals surface area contributed by atoms with E-state index in [-0.39, 0.29) is 5.82 Å². The molecule has 2 N–H and O–H groups in total. The first-order chi connectivity index (χ1) is 7.29. The summed E-state index contributed by atoms with van der Waals surface area (Å²) in [5.74, 6) is -0.112. The maximum Gasteiger partial charge on any atom is 0.127 e. The van der Waals surface area contributed by atoms with Gasteiger partial charge in [0.15, 0.2) is 0 Å². The lowest BCUT2D eigenvalue weighted by molar-refractivity contribution is 0.325. The molecule has 1 aromatic carbocycles. The predicted molar refractivity (Wildman–Crippen MR) is 58.8 cm³/mol. The number of halogens is 1. The minimum Gasteiger partial charge on any atom is -0.326 e. The number of hydrogen-bond donors (Lipinski definition) is 1. The summed E-state index contributed by atoms with van der Waals surface area (Å²) in [7, 11) is 0. The number of rotatable bonds is 3. The molecule has 15 heavy (non-hydrogen) atoms. The topological polar surface area (TPSA) is 29.3 Å². The second-order valence-electron chi connectivity index (χ2n) is 4.11. The molecular weight excluding hydrogens is 191 g/mol. The molecule has 1 heterocycles. The maximum atomic E-state index is 13.5. The fraction of sp³-hybridized carbons (Fsp3) is 0.500. The number of nitrogens with two attached hydrogens (primary N) is 1. The molecule has 0 amide bonds. The van der Waals surface area contributed by atoms with E-state index in [1.54, 1.807) is 6.07 Å². The van der Waals surface area contributed by atoms with Crippen LogP contribution in [0.15, 0.2) is 18.2 Å². The van der Waals surface area contributed by atoms with Gasteiger partial charge in [0.2, 0.25) is 0 Å². The van der Waals surface area contributed by atoms with Crippen LogP contribution in [0.5, 0.6) is 0 Å². The Balaban J connectivity index is 2.11. The van der Waals surface area contributed by atoms with Crippen LogP contribution in [0, 0.1) is 5.82 Å². The quantitative estimate of drug-likeness (QED) is 0.821. The Hall–Kier alpha value is -0.930. The molecule has 1 fully saturated rings. The molecular formula is C12H17FN2. The lowest BCUT2D eigenvalue weighted by Gasteiger charge is -2.15. The third kappa shape index (κ3) is 2.55. The van der Waals surface area contributed by atoms with Gasteiger partial charge < -0.3 is 5.73 Å². The van der Waals surface area contributed by atoms with Crippen molar-refractivity contribution in [3.8, 4) is 0 Å². The zero-order valence-corrected chi connectivity index (χ0v) is 8.88. The molecule has 0 saturated carbocycles. The standard InChI is InChI=1S/C12H17FN2/c13-12-4-3-10(8-14)7-11(12)9-15-5-1-2-6-15/h3-4,7H,1-2,5-6,8-9,14H2. The molecule has 82 valence electrons. The molecule has 0 unspecified atom stereocenters. The number of likely N-dealkylation sites (tertiary alicyclic amines) is 1. The Morgan fingerprint density at radius 1 is 1.27 bits per heavy atom. The van der Waals surface area contributed by atoms with Gasteiger partial charge in [0.1, 0.15) is 5.82 Å². The van der Waals surface area contributed by atoms with Crippen molar-refractivity contribution in [2.75, 3.05) is 13.1 Å². The summed E-state index contributed by atoms with van der Waals surface area (Å²) in [5, 5.41) is 0. The second-order valence-corrected chi connectivity index (χ2v) is 4.11. The summed E-state index contributed by atoms with van der Waals surface area (Å²) in [5.41, 5.74) is 7.32. The molecule has 0 radical (unpaired) electrons. The normalized spacial score (nSPS) is 17.2. The number of hydrogen-bond acceptors (Lipinski definition) is 2. The minimum absolute atomic E-state index is 0.112. The fourth-order valence-electron chi connectivity index (χ4n) is 2.06. The van der Waals surface area contributed by atoms with Crippen molar-refractivity contribution in [3.63, 3.8) is 0 Å². The highest BCUT2D eigenvalue weighted by Gasteiger charge is 2.13. The number of nitrogens with zero attached hydrogens (tertiary/aromatic N) is 1. The molecule has 1 aliphatic heterocycles. The van der Waals surface area contributed by atoms with Gasteiger partial charge in [-0.1, -0.05) is 12.1 Å². The Bertz CT molecular complexity index is 332. The van der Waals surface area contributed by atoms with E-state index in [1.807, 2.05) is 6.07 Å². The lowest BCUT2D eigenvalue weighted by Crippen LogP contribution is -2.19. The van der Waals surface area contributed by atoms with E-state index in [0.29, 0.717) is 6.54 Å². The molecule has 2 nitrogen and oxygen atoms in total. The van der Waals surface area contributed by atoms with Gasteiger partial charge in [-0.3, -0.25) is 4.90 Å². The first-order valence-corrected chi connectivity index (χ1v) is 5.49. The number of benzene rings is 1. The van der Waals surface area contributed by atoms with Crippen LogP contribution in [-0.2, 0) is 13.1 Å². The van der Waals surface area contributed by atoms with Crippen molar-refractivity contribution in [3.05, 3.63) is 35.1 Å². The Morgan fingerprint density at radius 3 is 2.67 bits per heavy atom. The van der Waals surface area contributed by atoms with E-state index in [9.17, 15) is 4.39 Å². The van der Waals surface area contributed by atoms with Crippen molar-refractivity contribution in [1.82, 2.24) is 4.90 Å². The van der Waals surface area contributed by atoms with Gasteiger partial charge in [-0.15, -0.1) is 0 Å². The summed E-state index contributed by atoms with van der Waals surface area (Å²) >= 11 is 0. The monoisotopic (exact) mass is 208 g/mol. The first kappa shape index (κ1) is 10.6. The van der Waals surface area contributed by atoms with Crippen LogP contribution in [0.3, 0.4) is 0 Å². The molecule has 3 heteroatoms. The van der Waals surface area contributed by atoms with Gasteiger partial charge in [-0.05, 0) is 37.6 Å². The van der Waals surface area contributed by atoms with Crippen LogP contribution in [0.1, 0.15) is 24.0 Å². The van der Waals surface area contributed by atoms with Crippen molar-refractivity contribution in [1.29, 1.82) is 0 Å². The summed E-state index contributed by atoms with van der Waals surface area (Å²) in [4.78, 5) is 2.29. The van der Waals surface area contributed by atoms with E-state index < -0.39 is 0 Å². The van der Waals surface area contributed by atoms with Crippen LogP contribution >= 0.6 is 0 Å². The van der Waals surface area contributed by atoms with Crippen LogP contribution in [0.2, 0.25) is 0 Å². The van der Waals surface area contributed by atoms with Crippen LogP contribution < -0.4 is 5.73 Å². The smallest absolute Gasteiger partial charge is 0.127 e. The van der Waals surface area contributed by atoms with E-state index in [1.165, 1.54) is 18.9 Å². The van der Waals surface area contributed by atoms with Crippen LogP contribution in [-0.4, -0.2) is 18.0 Å². The second kappa shape index (κ2) is 4.73. The maximum absolute atomic E-state index is 13.5. The van der Waals surface area contributed by atoms with E-state index in [4.69, 9.17) is 5.73 Å². The lowest BCUT2D eigenvalue weighted by atomic mass is 10.1.